The second-order valence-electron chi connectivity index (χ2n) is 8.75. The molecule has 1 aromatic heterocycles. The number of hydrogen-bond acceptors (Lipinski definition) is 4. The third-order valence-electron chi connectivity index (χ3n) is 6.51. The summed E-state index contributed by atoms with van der Waals surface area (Å²) in [5, 5.41) is 6.34. The molecule has 2 aromatic rings. The molecule has 7 heteroatoms. The van der Waals surface area contributed by atoms with Crippen molar-refractivity contribution in [3.05, 3.63) is 54.4 Å². The first-order valence-electron chi connectivity index (χ1n) is 11.8. The van der Waals surface area contributed by atoms with Gasteiger partial charge in [0.15, 0.2) is 0 Å². The highest BCUT2D eigenvalue weighted by atomic mass is 16.2. The fraction of sp³-hybridized carbons (Fsp3) is 0.480. The van der Waals surface area contributed by atoms with Gasteiger partial charge in [-0.1, -0.05) is 32.1 Å². The van der Waals surface area contributed by atoms with E-state index in [1.807, 2.05) is 29.2 Å². The molecule has 7 nitrogen and oxygen atoms in total. The van der Waals surface area contributed by atoms with Crippen molar-refractivity contribution in [1.82, 2.24) is 14.8 Å². The summed E-state index contributed by atoms with van der Waals surface area (Å²) in [5.74, 6) is 0.883. The number of rotatable bonds is 6. The van der Waals surface area contributed by atoms with E-state index < -0.39 is 0 Å². The lowest BCUT2D eigenvalue weighted by atomic mass is 9.87. The zero-order valence-electron chi connectivity index (χ0n) is 18.6. The summed E-state index contributed by atoms with van der Waals surface area (Å²) in [6.45, 7) is 3.07. The van der Waals surface area contributed by atoms with Gasteiger partial charge in [-0.3, -0.25) is 9.78 Å². The fourth-order valence-corrected chi connectivity index (χ4v) is 4.56. The fourth-order valence-electron chi connectivity index (χ4n) is 4.56. The average molecular weight is 436 g/mol. The van der Waals surface area contributed by atoms with Crippen LogP contribution in [0.4, 0.5) is 16.2 Å². The van der Waals surface area contributed by atoms with E-state index in [1.54, 1.807) is 29.4 Å². The number of pyridine rings is 1. The van der Waals surface area contributed by atoms with Crippen LogP contribution in [0, 0.1) is 5.92 Å². The van der Waals surface area contributed by atoms with Gasteiger partial charge >= 0.3 is 6.03 Å². The summed E-state index contributed by atoms with van der Waals surface area (Å²) in [6, 6.07) is 11.2. The van der Waals surface area contributed by atoms with Gasteiger partial charge in [0, 0.05) is 50.2 Å². The van der Waals surface area contributed by atoms with Gasteiger partial charge in [-0.2, -0.15) is 0 Å². The van der Waals surface area contributed by atoms with E-state index in [0.717, 1.165) is 18.2 Å². The maximum Gasteiger partial charge on any atom is 0.322 e. The second kappa shape index (κ2) is 11.0. The Morgan fingerprint density at radius 3 is 2.31 bits per heavy atom. The molecular weight excluding hydrogens is 402 g/mol. The molecule has 2 fully saturated rings. The predicted octanol–water partition coefficient (Wildman–Crippen LogP) is 4.45. The quantitative estimate of drug-likeness (QED) is 0.703. The maximum atomic E-state index is 12.9. The molecule has 1 saturated carbocycles. The predicted molar refractivity (Wildman–Crippen MR) is 127 cm³/mol. The van der Waals surface area contributed by atoms with Crippen molar-refractivity contribution in [3.8, 4) is 0 Å². The highest BCUT2D eigenvalue weighted by Gasteiger charge is 2.25. The number of nitrogens with one attached hydrogen (secondary N) is 2. The van der Waals surface area contributed by atoms with Crippen molar-refractivity contribution >= 4 is 23.3 Å². The van der Waals surface area contributed by atoms with Gasteiger partial charge in [0.25, 0.3) is 5.91 Å². The topological polar surface area (TPSA) is 77.6 Å². The van der Waals surface area contributed by atoms with Crippen LogP contribution in [0.1, 0.15) is 48.9 Å². The Balaban J connectivity index is 1.21. The molecule has 3 amide bonds. The number of carbonyl (C=O) groups excluding carboxylic acids is 2. The summed E-state index contributed by atoms with van der Waals surface area (Å²) < 4.78 is 0. The summed E-state index contributed by atoms with van der Waals surface area (Å²) in [5.41, 5.74) is 2.42. The lowest BCUT2D eigenvalue weighted by Crippen LogP contribution is -2.51. The zero-order valence-corrected chi connectivity index (χ0v) is 18.6. The zero-order chi connectivity index (χ0) is 22.2. The largest absolute Gasteiger partial charge is 0.385 e. The third kappa shape index (κ3) is 5.99. The molecular formula is C25H33N5O2. The third-order valence-corrected chi connectivity index (χ3v) is 6.51. The molecule has 2 aliphatic rings. The van der Waals surface area contributed by atoms with Crippen LogP contribution in [0.5, 0.6) is 0 Å². The number of amides is 3. The minimum atomic E-state index is -0.159. The monoisotopic (exact) mass is 435 g/mol. The first-order valence-corrected chi connectivity index (χ1v) is 11.8. The van der Waals surface area contributed by atoms with Crippen molar-refractivity contribution in [2.75, 3.05) is 43.4 Å². The molecule has 1 aliphatic carbocycles. The maximum absolute atomic E-state index is 12.9. The molecule has 32 heavy (non-hydrogen) atoms. The standard InChI is InChI=1S/C25H33N5O2/c31-24(21-8-10-22(11-9-21)27-14-12-20-5-2-1-3-6-20)29-15-17-30(18-16-29)25(32)28-23-7-4-13-26-19-23/h4,7-11,13,19-20,27H,1-3,5-6,12,14-18H2,(H,28,32). The molecule has 0 atom stereocenters. The number of carbonyl (C=O) groups is 2. The first kappa shape index (κ1) is 22.1. The highest BCUT2D eigenvalue weighted by Crippen LogP contribution is 2.26. The molecule has 170 valence electrons. The van der Waals surface area contributed by atoms with E-state index in [-0.39, 0.29) is 11.9 Å². The molecule has 1 saturated heterocycles. The van der Waals surface area contributed by atoms with Gasteiger partial charge in [-0.05, 0) is 48.7 Å². The Morgan fingerprint density at radius 1 is 0.906 bits per heavy atom. The van der Waals surface area contributed by atoms with Crippen LogP contribution < -0.4 is 10.6 Å². The van der Waals surface area contributed by atoms with Crippen molar-refractivity contribution < 1.29 is 9.59 Å². The van der Waals surface area contributed by atoms with E-state index in [9.17, 15) is 9.59 Å². The summed E-state index contributed by atoms with van der Waals surface area (Å²) in [7, 11) is 0. The van der Waals surface area contributed by atoms with Gasteiger partial charge in [0.2, 0.25) is 0 Å². The molecule has 4 rings (SSSR count). The van der Waals surface area contributed by atoms with Gasteiger partial charge in [-0.25, -0.2) is 4.79 Å². The summed E-state index contributed by atoms with van der Waals surface area (Å²) in [4.78, 5) is 32.8. The van der Waals surface area contributed by atoms with Crippen LogP contribution in [-0.2, 0) is 0 Å². The lowest BCUT2D eigenvalue weighted by molar-refractivity contribution is 0.0671. The smallest absolute Gasteiger partial charge is 0.322 e. The molecule has 1 aliphatic heterocycles. The van der Waals surface area contributed by atoms with E-state index in [1.165, 1.54) is 38.5 Å². The number of hydrogen-bond donors (Lipinski definition) is 2. The van der Waals surface area contributed by atoms with Gasteiger partial charge < -0.3 is 20.4 Å². The van der Waals surface area contributed by atoms with E-state index in [4.69, 9.17) is 0 Å². The van der Waals surface area contributed by atoms with Crippen LogP contribution in [0.15, 0.2) is 48.8 Å². The Morgan fingerprint density at radius 2 is 1.62 bits per heavy atom. The van der Waals surface area contributed by atoms with Crippen molar-refractivity contribution in [2.24, 2.45) is 5.92 Å². The van der Waals surface area contributed by atoms with E-state index in [0.29, 0.717) is 37.4 Å². The number of urea groups is 1. The lowest BCUT2D eigenvalue weighted by Gasteiger charge is -2.34. The SMILES string of the molecule is O=C(Nc1cccnc1)N1CCN(C(=O)c2ccc(NCCC3CCCCC3)cc2)CC1. The van der Waals surface area contributed by atoms with Crippen LogP contribution in [0.2, 0.25) is 0 Å². The van der Waals surface area contributed by atoms with Crippen LogP contribution in [0.3, 0.4) is 0 Å². The summed E-state index contributed by atoms with van der Waals surface area (Å²) in [6.07, 6.45) is 11.4. The number of nitrogens with zero attached hydrogens (tertiary/aromatic N) is 3. The molecule has 2 heterocycles. The molecule has 0 unspecified atom stereocenters. The Hall–Kier alpha value is -3.09. The Labute approximate surface area is 190 Å². The van der Waals surface area contributed by atoms with Gasteiger partial charge in [0.05, 0.1) is 11.9 Å². The van der Waals surface area contributed by atoms with Crippen molar-refractivity contribution in [1.29, 1.82) is 0 Å². The second-order valence-corrected chi connectivity index (χ2v) is 8.75. The number of benzene rings is 1. The molecule has 1 aromatic carbocycles. The number of piperazine rings is 1. The van der Waals surface area contributed by atoms with Crippen molar-refractivity contribution in [3.63, 3.8) is 0 Å². The number of anilines is 2. The van der Waals surface area contributed by atoms with Crippen LogP contribution in [-0.4, -0.2) is 59.4 Å². The molecule has 0 radical (unpaired) electrons. The molecule has 2 N–H and O–H groups in total. The normalized spacial score (nSPS) is 17.1. The first-order chi connectivity index (χ1) is 15.7. The minimum Gasteiger partial charge on any atom is -0.385 e. The minimum absolute atomic E-state index is 0.0195. The van der Waals surface area contributed by atoms with E-state index >= 15 is 0 Å². The van der Waals surface area contributed by atoms with Crippen LogP contribution >= 0.6 is 0 Å². The van der Waals surface area contributed by atoms with Gasteiger partial charge in [0.1, 0.15) is 0 Å². The van der Waals surface area contributed by atoms with Gasteiger partial charge in [-0.15, -0.1) is 0 Å². The summed E-state index contributed by atoms with van der Waals surface area (Å²) >= 11 is 0. The van der Waals surface area contributed by atoms with Crippen LogP contribution in [0.25, 0.3) is 0 Å². The Bertz CT molecular complexity index is 873. The van der Waals surface area contributed by atoms with Crippen molar-refractivity contribution in [2.45, 2.75) is 38.5 Å². The van der Waals surface area contributed by atoms with E-state index in [2.05, 4.69) is 15.6 Å². The number of aromatic nitrogens is 1. The average Bonchev–Trinajstić information content (AvgIpc) is 2.85. The highest BCUT2D eigenvalue weighted by molar-refractivity contribution is 5.95. The Kier molecular flexibility index (Phi) is 7.59. The molecule has 0 spiro atoms. The molecule has 0 bridgehead atoms.